The molecule has 1 unspecified atom stereocenters. The molecular formula is C9H20NO3S-. The van der Waals surface area contributed by atoms with Crippen molar-refractivity contribution < 1.29 is 13.0 Å². The van der Waals surface area contributed by atoms with E-state index in [1.165, 1.54) is 0 Å². The highest BCUT2D eigenvalue weighted by Crippen LogP contribution is 2.07. The molecule has 0 spiro atoms. The van der Waals surface area contributed by atoms with E-state index in [1.54, 1.807) is 13.8 Å². The molecular weight excluding hydrogens is 202 g/mol. The lowest BCUT2D eigenvalue weighted by molar-refractivity contribution is 0.365. The van der Waals surface area contributed by atoms with Crippen molar-refractivity contribution >= 4 is 10.1 Å². The highest BCUT2D eigenvalue weighted by molar-refractivity contribution is 7.85. The molecule has 0 fully saturated rings. The Morgan fingerprint density at radius 1 is 1.43 bits per heavy atom. The molecule has 0 amide bonds. The molecule has 14 heavy (non-hydrogen) atoms. The first-order valence-corrected chi connectivity index (χ1v) is 6.42. The molecule has 0 aromatic carbocycles. The van der Waals surface area contributed by atoms with E-state index in [1.807, 2.05) is 0 Å². The minimum absolute atomic E-state index is 0.365. The van der Waals surface area contributed by atoms with Gasteiger partial charge in [-0.15, -0.1) is 0 Å². The Hall–Kier alpha value is -0.130. The van der Waals surface area contributed by atoms with E-state index in [0.717, 1.165) is 13.0 Å². The molecule has 0 rings (SSSR count). The molecule has 1 atom stereocenters. The third-order valence-electron chi connectivity index (χ3n) is 2.16. The lowest BCUT2D eigenvalue weighted by Gasteiger charge is -2.28. The summed E-state index contributed by atoms with van der Waals surface area (Å²) >= 11 is 0. The lowest BCUT2D eigenvalue weighted by Crippen LogP contribution is -2.46. The van der Waals surface area contributed by atoms with Gasteiger partial charge in [0.1, 0.15) is 0 Å². The van der Waals surface area contributed by atoms with Crippen molar-refractivity contribution in [1.82, 2.24) is 5.32 Å². The zero-order valence-corrected chi connectivity index (χ0v) is 10.1. The van der Waals surface area contributed by atoms with E-state index in [0.29, 0.717) is 5.92 Å². The smallest absolute Gasteiger partial charge is 0.0963 e. The normalized spacial score (nSPS) is 15.5. The maximum atomic E-state index is 10.6. The summed E-state index contributed by atoms with van der Waals surface area (Å²) in [5.41, 5.74) is -0.635. The molecule has 0 aromatic heterocycles. The van der Waals surface area contributed by atoms with Crippen LogP contribution in [0.3, 0.4) is 0 Å². The topological polar surface area (TPSA) is 69.2 Å². The summed E-state index contributed by atoms with van der Waals surface area (Å²) in [5, 5.41) is 3.09. The van der Waals surface area contributed by atoms with E-state index in [2.05, 4.69) is 19.2 Å². The maximum Gasteiger partial charge on any atom is 0.0963 e. The fourth-order valence-corrected chi connectivity index (χ4v) is 2.07. The van der Waals surface area contributed by atoms with Crippen LogP contribution in [0.1, 0.15) is 34.1 Å². The van der Waals surface area contributed by atoms with Crippen LogP contribution in [-0.4, -0.2) is 30.8 Å². The van der Waals surface area contributed by atoms with E-state index in [4.69, 9.17) is 0 Å². The van der Waals surface area contributed by atoms with Crippen LogP contribution in [0, 0.1) is 5.92 Å². The second-order valence-corrected chi connectivity index (χ2v) is 5.88. The van der Waals surface area contributed by atoms with Crippen LogP contribution in [0.15, 0.2) is 0 Å². The second kappa shape index (κ2) is 5.09. The van der Waals surface area contributed by atoms with Gasteiger partial charge >= 0.3 is 0 Å². The Labute approximate surface area is 86.8 Å². The monoisotopic (exact) mass is 222 g/mol. The fourth-order valence-electron chi connectivity index (χ4n) is 1.09. The van der Waals surface area contributed by atoms with Crippen LogP contribution >= 0.6 is 0 Å². The number of hydrogen-bond donors (Lipinski definition) is 1. The van der Waals surface area contributed by atoms with E-state index in [-0.39, 0.29) is 5.75 Å². The molecule has 0 aromatic rings. The molecule has 5 heteroatoms. The first kappa shape index (κ1) is 13.9. The van der Waals surface area contributed by atoms with Gasteiger partial charge in [0.2, 0.25) is 0 Å². The first-order chi connectivity index (χ1) is 6.16. The molecule has 86 valence electrons. The Bertz CT molecular complexity index is 259. The molecule has 0 saturated carbocycles. The minimum Gasteiger partial charge on any atom is -0.748 e. The summed E-state index contributed by atoms with van der Waals surface area (Å²) in [7, 11) is -4.15. The van der Waals surface area contributed by atoms with Crippen LogP contribution in [0.2, 0.25) is 0 Å². The summed E-state index contributed by atoms with van der Waals surface area (Å²) in [6, 6.07) is 0. The number of rotatable bonds is 6. The lowest BCUT2D eigenvalue weighted by atomic mass is 10.1. The van der Waals surface area contributed by atoms with Gasteiger partial charge in [0, 0.05) is 5.54 Å². The van der Waals surface area contributed by atoms with E-state index < -0.39 is 15.7 Å². The summed E-state index contributed by atoms with van der Waals surface area (Å²) in [6.45, 7) is 8.34. The predicted octanol–water partition coefficient (Wildman–Crippen LogP) is 0.946. The molecule has 0 aliphatic carbocycles. The average Bonchev–Trinajstić information content (AvgIpc) is 1.96. The number of nitrogens with one attached hydrogen (secondary N) is 1. The summed E-state index contributed by atoms with van der Waals surface area (Å²) in [6.07, 6.45) is 1.03. The van der Waals surface area contributed by atoms with Gasteiger partial charge in [-0.05, 0) is 26.3 Å². The van der Waals surface area contributed by atoms with Gasteiger partial charge in [0.15, 0.2) is 0 Å². The Morgan fingerprint density at radius 3 is 2.29 bits per heavy atom. The first-order valence-electron chi connectivity index (χ1n) is 4.85. The van der Waals surface area contributed by atoms with Crippen LogP contribution < -0.4 is 5.32 Å². The zero-order chi connectivity index (χ0) is 11.4. The van der Waals surface area contributed by atoms with Crippen LogP contribution in [0.25, 0.3) is 0 Å². The van der Waals surface area contributed by atoms with Crippen molar-refractivity contribution in [2.24, 2.45) is 5.92 Å². The highest BCUT2D eigenvalue weighted by Gasteiger charge is 2.20. The van der Waals surface area contributed by atoms with Crippen LogP contribution in [-0.2, 0) is 10.1 Å². The maximum absolute atomic E-state index is 10.6. The zero-order valence-electron chi connectivity index (χ0n) is 9.33. The van der Waals surface area contributed by atoms with Gasteiger partial charge in [-0.2, -0.15) is 0 Å². The fraction of sp³-hybridized carbons (Fsp3) is 1.00. The Kier molecular flexibility index (Phi) is 5.05. The summed E-state index contributed by atoms with van der Waals surface area (Å²) < 4.78 is 31.7. The SMILES string of the molecule is CCC(C)CNC(C)(C)CS(=O)(=O)[O-]. The quantitative estimate of drug-likeness (QED) is 0.679. The van der Waals surface area contributed by atoms with Gasteiger partial charge in [-0.3, -0.25) is 0 Å². The van der Waals surface area contributed by atoms with Crippen molar-refractivity contribution in [2.45, 2.75) is 39.7 Å². The molecule has 0 aliphatic rings. The molecule has 1 N–H and O–H groups in total. The van der Waals surface area contributed by atoms with Crippen molar-refractivity contribution in [1.29, 1.82) is 0 Å². The average molecular weight is 222 g/mol. The van der Waals surface area contributed by atoms with Crippen molar-refractivity contribution in [3.8, 4) is 0 Å². The van der Waals surface area contributed by atoms with Crippen molar-refractivity contribution in [3.05, 3.63) is 0 Å². The highest BCUT2D eigenvalue weighted by atomic mass is 32.2. The second-order valence-electron chi connectivity index (χ2n) is 4.48. The summed E-state index contributed by atoms with van der Waals surface area (Å²) in [5.74, 6) is 0.125. The third kappa shape index (κ3) is 7.29. The predicted molar refractivity (Wildman–Crippen MR) is 56.1 cm³/mol. The molecule has 4 nitrogen and oxygen atoms in total. The third-order valence-corrected chi connectivity index (χ3v) is 3.24. The Balaban J connectivity index is 4.08. The largest absolute Gasteiger partial charge is 0.748 e. The van der Waals surface area contributed by atoms with Gasteiger partial charge in [0.05, 0.1) is 15.9 Å². The van der Waals surface area contributed by atoms with Gasteiger partial charge in [0.25, 0.3) is 0 Å². The van der Waals surface area contributed by atoms with Gasteiger partial charge < -0.3 is 9.87 Å². The van der Waals surface area contributed by atoms with Crippen molar-refractivity contribution in [2.75, 3.05) is 12.3 Å². The van der Waals surface area contributed by atoms with Crippen LogP contribution in [0.4, 0.5) is 0 Å². The Morgan fingerprint density at radius 2 is 1.93 bits per heavy atom. The van der Waals surface area contributed by atoms with Gasteiger partial charge in [-0.1, -0.05) is 20.3 Å². The minimum atomic E-state index is -4.15. The van der Waals surface area contributed by atoms with E-state index in [9.17, 15) is 13.0 Å². The standard InChI is InChI=1S/C9H21NO3S/c1-5-8(2)6-10-9(3,4)7-14(11,12)13/h8,10H,5-7H2,1-4H3,(H,11,12,13)/p-1. The van der Waals surface area contributed by atoms with Crippen LogP contribution in [0.5, 0.6) is 0 Å². The molecule has 0 saturated heterocycles. The molecule has 0 aliphatic heterocycles. The van der Waals surface area contributed by atoms with Gasteiger partial charge in [-0.25, -0.2) is 8.42 Å². The number of hydrogen-bond acceptors (Lipinski definition) is 4. The van der Waals surface area contributed by atoms with E-state index >= 15 is 0 Å². The molecule has 0 radical (unpaired) electrons. The molecule has 0 bridgehead atoms. The molecule has 0 heterocycles. The summed E-state index contributed by atoms with van der Waals surface area (Å²) in [4.78, 5) is 0. The van der Waals surface area contributed by atoms with Crippen molar-refractivity contribution in [3.63, 3.8) is 0 Å².